The second-order valence-electron chi connectivity index (χ2n) is 6.73. The number of nitrogens with one attached hydrogen (secondary N) is 3. The molecule has 0 aliphatic carbocycles. The Labute approximate surface area is 163 Å². The van der Waals surface area contributed by atoms with Gasteiger partial charge in [-0.25, -0.2) is 9.18 Å². The van der Waals surface area contributed by atoms with Crippen molar-refractivity contribution in [3.05, 3.63) is 34.6 Å². The van der Waals surface area contributed by atoms with Gasteiger partial charge in [0.1, 0.15) is 11.4 Å². The SMILES string of the molecule is CC(C)(C)OC(=O)NCCC(=O)NCCCNC(=O)c1c(F)cccc1Cl. The maximum atomic E-state index is 13.6. The first-order chi connectivity index (χ1) is 12.6. The van der Waals surface area contributed by atoms with Gasteiger partial charge in [0.05, 0.1) is 10.6 Å². The smallest absolute Gasteiger partial charge is 0.407 e. The van der Waals surface area contributed by atoms with Crippen LogP contribution in [0.3, 0.4) is 0 Å². The average Bonchev–Trinajstić information content (AvgIpc) is 2.52. The molecule has 0 aliphatic heterocycles. The summed E-state index contributed by atoms with van der Waals surface area (Å²) in [5.74, 6) is -1.54. The van der Waals surface area contributed by atoms with E-state index in [4.69, 9.17) is 16.3 Å². The summed E-state index contributed by atoms with van der Waals surface area (Å²) in [7, 11) is 0. The van der Waals surface area contributed by atoms with Crippen molar-refractivity contribution in [2.75, 3.05) is 19.6 Å². The number of alkyl carbamates (subject to hydrolysis) is 1. The molecule has 0 unspecified atom stereocenters. The second kappa shape index (κ2) is 10.7. The zero-order chi connectivity index (χ0) is 20.4. The predicted octanol–water partition coefficient (Wildman–Crippen LogP) is 2.63. The highest BCUT2D eigenvalue weighted by Gasteiger charge is 2.16. The van der Waals surface area contributed by atoms with Gasteiger partial charge in [-0.2, -0.15) is 0 Å². The number of amides is 3. The predicted molar refractivity (Wildman–Crippen MR) is 100 cm³/mol. The Morgan fingerprint density at radius 2 is 1.74 bits per heavy atom. The third-order valence-electron chi connectivity index (χ3n) is 3.17. The molecule has 0 saturated heterocycles. The molecule has 0 aliphatic rings. The van der Waals surface area contributed by atoms with Gasteiger partial charge in [-0.1, -0.05) is 17.7 Å². The average molecular weight is 402 g/mol. The maximum absolute atomic E-state index is 13.6. The standard InChI is InChI=1S/C18H25ClFN3O4/c1-18(2,3)27-17(26)23-11-8-14(24)21-9-5-10-22-16(25)15-12(19)6-4-7-13(15)20/h4,6-7H,5,8-11H2,1-3H3,(H,21,24)(H,22,25)(H,23,26). The highest BCUT2D eigenvalue weighted by atomic mass is 35.5. The van der Waals surface area contributed by atoms with E-state index in [1.54, 1.807) is 20.8 Å². The monoisotopic (exact) mass is 401 g/mol. The molecule has 0 heterocycles. The van der Waals surface area contributed by atoms with E-state index in [-0.39, 0.29) is 36.0 Å². The molecule has 0 spiro atoms. The maximum Gasteiger partial charge on any atom is 0.407 e. The number of halogens is 2. The molecule has 27 heavy (non-hydrogen) atoms. The van der Waals surface area contributed by atoms with E-state index in [1.165, 1.54) is 12.1 Å². The molecular formula is C18H25ClFN3O4. The van der Waals surface area contributed by atoms with Crippen molar-refractivity contribution >= 4 is 29.5 Å². The molecule has 0 fully saturated rings. The number of hydrogen-bond donors (Lipinski definition) is 3. The van der Waals surface area contributed by atoms with E-state index in [9.17, 15) is 18.8 Å². The zero-order valence-corrected chi connectivity index (χ0v) is 16.4. The molecule has 0 radical (unpaired) electrons. The summed E-state index contributed by atoms with van der Waals surface area (Å²) in [6, 6.07) is 4.01. The van der Waals surface area contributed by atoms with Gasteiger partial charge in [-0.15, -0.1) is 0 Å². The summed E-state index contributed by atoms with van der Waals surface area (Å²) in [5, 5.41) is 7.73. The molecule has 3 amide bonds. The third kappa shape index (κ3) is 9.23. The number of carbonyl (C=O) groups is 3. The summed E-state index contributed by atoms with van der Waals surface area (Å²) in [6.07, 6.45) is -0.00994. The van der Waals surface area contributed by atoms with Crippen molar-refractivity contribution in [1.82, 2.24) is 16.0 Å². The Kier molecular flexibility index (Phi) is 9.00. The number of benzene rings is 1. The van der Waals surface area contributed by atoms with Crippen LogP contribution in [0, 0.1) is 5.82 Å². The first-order valence-corrected chi connectivity index (χ1v) is 8.93. The van der Waals surface area contributed by atoms with Crippen LogP contribution in [0.15, 0.2) is 18.2 Å². The van der Waals surface area contributed by atoms with Crippen LogP contribution in [-0.2, 0) is 9.53 Å². The lowest BCUT2D eigenvalue weighted by Crippen LogP contribution is -2.35. The van der Waals surface area contributed by atoms with E-state index < -0.39 is 23.4 Å². The van der Waals surface area contributed by atoms with E-state index in [2.05, 4.69) is 16.0 Å². The van der Waals surface area contributed by atoms with Gasteiger partial charge in [0.25, 0.3) is 5.91 Å². The van der Waals surface area contributed by atoms with Crippen LogP contribution < -0.4 is 16.0 Å². The van der Waals surface area contributed by atoms with Gasteiger partial charge in [0.2, 0.25) is 5.91 Å². The van der Waals surface area contributed by atoms with Crippen LogP contribution in [0.1, 0.15) is 44.0 Å². The molecular weight excluding hydrogens is 377 g/mol. The Hall–Kier alpha value is -2.35. The minimum Gasteiger partial charge on any atom is -0.444 e. The molecule has 7 nitrogen and oxygen atoms in total. The summed E-state index contributed by atoms with van der Waals surface area (Å²) in [6.45, 7) is 5.98. The minimum absolute atomic E-state index is 0.0401. The summed E-state index contributed by atoms with van der Waals surface area (Å²) in [4.78, 5) is 35.0. The summed E-state index contributed by atoms with van der Waals surface area (Å²) >= 11 is 5.82. The van der Waals surface area contributed by atoms with Gasteiger partial charge < -0.3 is 20.7 Å². The number of carbonyl (C=O) groups excluding carboxylic acids is 3. The van der Waals surface area contributed by atoms with E-state index >= 15 is 0 Å². The Balaban J connectivity index is 2.17. The fraction of sp³-hybridized carbons (Fsp3) is 0.500. The van der Waals surface area contributed by atoms with E-state index in [0.717, 1.165) is 6.07 Å². The molecule has 3 N–H and O–H groups in total. The molecule has 0 atom stereocenters. The Bertz CT molecular complexity index is 657. The van der Waals surface area contributed by atoms with Gasteiger partial charge in [-0.05, 0) is 39.3 Å². The van der Waals surface area contributed by atoms with Crippen molar-refractivity contribution in [3.63, 3.8) is 0 Å². The van der Waals surface area contributed by atoms with Crippen molar-refractivity contribution in [1.29, 1.82) is 0 Å². The quantitative estimate of drug-likeness (QED) is 0.583. The zero-order valence-electron chi connectivity index (χ0n) is 15.7. The molecule has 9 heteroatoms. The first-order valence-electron chi connectivity index (χ1n) is 8.56. The number of ether oxygens (including phenoxy) is 1. The van der Waals surface area contributed by atoms with Gasteiger partial charge in [0, 0.05) is 26.1 Å². The molecule has 1 rings (SSSR count). The lowest BCUT2D eigenvalue weighted by molar-refractivity contribution is -0.120. The highest BCUT2D eigenvalue weighted by molar-refractivity contribution is 6.33. The summed E-state index contributed by atoms with van der Waals surface area (Å²) in [5.41, 5.74) is -0.791. The lowest BCUT2D eigenvalue weighted by Gasteiger charge is -2.19. The molecule has 1 aromatic carbocycles. The topological polar surface area (TPSA) is 96.5 Å². The van der Waals surface area contributed by atoms with Crippen LogP contribution in [-0.4, -0.2) is 43.1 Å². The number of hydrogen-bond acceptors (Lipinski definition) is 4. The Morgan fingerprint density at radius 1 is 1.07 bits per heavy atom. The van der Waals surface area contributed by atoms with Crippen molar-refractivity contribution < 1.29 is 23.5 Å². The van der Waals surface area contributed by atoms with Crippen LogP contribution in [0.4, 0.5) is 9.18 Å². The van der Waals surface area contributed by atoms with Crippen molar-refractivity contribution in [2.45, 2.75) is 39.2 Å². The van der Waals surface area contributed by atoms with Crippen molar-refractivity contribution in [2.24, 2.45) is 0 Å². The van der Waals surface area contributed by atoms with Gasteiger partial charge in [-0.3, -0.25) is 9.59 Å². The first kappa shape index (κ1) is 22.7. The van der Waals surface area contributed by atoms with Crippen LogP contribution in [0.5, 0.6) is 0 Å². The molecule has 1 aromatic rings. The fourth-order valence-corrected chi connectivity index (χ4v) is 2.25. The van der Waals surface area contributed by atoms with Crippen molar-refractivity contribution in [3.8, 4) is 0 Å². The van der Waals surface area contributed by atoms with Crippen LogP contribution in [0.2, 0.25) is 5.02 Å². The second-order valence-corrected chi connectivity index (χ2v) is 7.14. The largest absolute Gasteiger partial charge is 0.444 e. The minimum atomic E-state index is -0.689. The van der Waals surface area contributed by atoms with Gasteiger partial charge >= 0.3 is 6.09 Å². The normalized spacial score (nSPS) is 10.9. The molecule has 0 bridgehead atoms. The highest BCUT2D eigenvalue weighted by Crippen LogP contribution is 2.18. The van der Waals surface area contributed by atoms with Crippen LogP contribution in [0.25, 0.3) is 0 Å². The third-order valence-corrected chi connectivity index (χ3v) is 3.49. The number of rotatable bonds is 8. The van der Waals surface area contributed by atoms with Gasteiger partial charge in [0.15, 0.2) is 0 Å². The summed E-state index contributed by atoms with van der Waals surface area (Å²) < 4.78 is 18.7. The fourth-order valence-electron chi connectivity index (χ4n) is 2.00. The molecule has 0 saturated carbocycles. The molecule has 150 valence electrons. The Morgan fingerprint density at radius 3 is 2.37 bits per heavy atom. The van der Waals surface area contributed by atoms with E-state index in [0.29, 0.717) is 13.0 Å². The molecule has 0 aromatic heterocycles. The van der Waals surface area contributed by atoms with Crippen LogP contribution >= 0.6 is 11.6 Å². The lowest BCUT2D eigenvalue weighted by atomic mass is 10.2. The van der Waals surface area contributed by atoms with E-state index in [1.807, 2.05) is 0 Å².